The summed E-state index contributed by atoms with van der Waals surface area (Å²) in [5, 5.41) is 8.99. The molecule has 3 heterocycles. The van der Waals surface area contributed by atoms with Gasteiger partial charge in [-0.2, -0.15) is 0 Å². The van der Waals surface area contributed by atoms with Gasteiger partial charge in [-0.1, -0.05) is 23.9 Å². The molecule has 2 aromatic heterocycles. The Bertz CT molecular complexity index is 841. The Morgan fingerprint density at radius 2 is 2.16 bits per heavy atom. The highest BCUT2D eigenvalue weighted by atomic mass is 32.2. The number of carbonyl (C=O) groups excluding carboxylic acids is 1. The molecule has 3 aromatic rings. The maximum absolute atomic E-state index is 12.1. The number of hydrogen-bond acceptors (Lipinski definition) is 8. The molecule has 0 atom stereocenters. The second-order valence-electron chi connectivity index (χ2n) is 5.34. The smallest absolute Gasteiger partial charge is 0.305 e. The first-order valence-electron chi connectivity index (χ1n) is 7.78. The zero-order valence-corrected chi connectivity index (χ0v) is 14.1. The van der Waals surface area contributed by atoms with E-state index in [0.717, 1.165) is 18.6 Å². The number of thioether (sulfide) groups is 1. The molecule has 130 valence electrons. The summed E-state index contributed by atoms with van der Waals surface area (Å²) < 4.78 is 16.0. The Kier molecular flexibility index (Phi) is 4.53. The van der Waals surface area contributed by atoms with Crippen LogP contribution in [0.3, 0.4) is 0 Å². The molecule has 9 nitrogen and oxygen atoms in total. The number of anilines is 1. The standard InChI is InChI=1S/C15H15N5O4S/c21-13(10-25-15-16-11-3-1-2-4-12(11)23-15)17-14-9-20(18-24-14)19-5-7-22-8-6-19/h1-4,9H,5-8,10H2/p+1. The van der Waals surface area contributed by atoms with Crippen LogP contribution in [0.25, 0.3) is 11.1 Å². The van der Waals surface area contributed by atoms with Gasteiger partial charge in [0.1, 0.15) is 5.52 Å². The Balaban J connectivity index is 1.32. The van der Waals surface area contributed by atoms with Gasteiger partial charge in [-0.15, -0.1) is 5.01 Å². The second kappa shape index (κ2) is 7.11. The molecule has 1 aliphatic heterocycles. The first kappa shape index (κ1) is 15.9. The van der Waals surface area contributed by atoms with Crippen LogP contribution in [0.1, 0.15) is 0 Å². The van der Waals surface area contributed by atoms with Crippen LogP contribution in [-0.2, 0) is 9.53 Å². The van der Waals surface area contributed by atoms with Crippen LogP contribution in [0.2, 0.25) is 0 Å². The van der Waals surface area contributed by atoms with Gasteiger partial charge in [0.25, 0.3) is 11.4 Å². The monoisotopic (exact) mass is 362 g/mol. The van der Waals surface area contributed by atoms with Crippen molar-refractivity contribution in [2.24, 2.45) is 0 Å². The topological polar surface area (TPSA) is 97.5 Å². The van der Waals surface area contributed by atoms with Gasteiger partial charge < -0.3 is 9.15 Å². The van der Waals surface area contributed by atoms with E-state index in [9.17, 15) is 4.79 Å². The highest BCUT2D eigenvalue weighted by molar-refractivity contribution is 7.99. The van der Waals surface area contributed by atoms with Crippen LogP contribution in [0.15, 0.2) is 44.6 Å². The zero-order chi connectivity index (χ0) is 17.1. The van der Waals surface area contributed by atoms with Gasteiger partial charge in [-0.05, 0) is 12.1 Å². The van der Waals surface area contributed by atoms with Gasteiger partial charge in [0.05, 0.1) is 36.8 Å². The zero-order valence-electron chi connectivity index (χ0n) is 13.3. The molecule has 0 unspecified atom stereocenters. The molecule has 1 fully saturated rings. The third-order valence-corrected chi connectivity index (χ3v) is 4.42. The normalized spacial score (nSPS) is 14.8. The van der Waals surface area contributed by atoms with E-state index in [2.05, 4.69) is 15.6 Å². The van der Waals surface area contributed by atoms with Crippen molar-refractivity contribution < 1.29 is 23.3 Å². The lowest BCUT2D eigenvalue weighted by molar-refractivity contribution is -0.759. The maximum Gasteiger partial charge on any atom is 0.305 e. The Hall–Kier alpha value is -2.59. The largest absolute Gasteiger partial charge is 0.431 e. The molecule has 4 rings (SSSR count). The molecule has 0 radical (unpaired) electrons. The number of benzene rings is 1. The van der Waals surface area contributed by atoms with E-state index in [1.165, 1.54) is 11.8 Å². The number of para-hydroxylation sites is 2. The number of nitrogens with zero attached hydrogens (tertiary/aromatic N) is 4. The molecule has 1 amide bonds. The van der Waals surface area contributed by atoms with Gasteiger partial charge in [0.15, 0.2) is 5.58 Å². The second-order valence-corrected chi connectivity index (χ2v) is 6.26. The van der Waals surface area contributed by atoms with E-state index < -0.39 is 0 Å². The van der Waals surface area contributed by atoms with E-state index in [1.54, 1.807) is 11.0 Å². The summed E-state index contributed by atoms with van der Waals surface area (Å²) >= 11 is 1.22. The highest BCUT2D eigenvalue weighted by Crippen LogP contribution is 2.23. The summed E-state index contributed by atoms with van der Waals surface area (Å²) in [6.07, 6.45) is 1.63. The summed E-state index contributed by atoms with van der Waals surface area (Å²) in [5.74, 6) is 0.220. The Labute approximate surface area is 146 Å². The van der Waals surface area contributed by atoms with Crippen LogP contribution in [0.4, 0.5) is 5.88 Å². The number of ether oxygens (including phenoxy) is 1. The lowest BCUT2D eigenvalue weighted by Gasteiger charge is -2.18. The van der Waals surface area contributed by atoms with Crippen LogP contribution in [-0.4, -0.2) is 48.2 Å². The predicted octanol–water partition coefficient (Wildman–Crippen LogP) is 0.802. The number of nitrogens with one attached hydrogen (secondary N) is 1. The number of hydrogen-bond donors (Lipinski definition) is 1. The third-order valence-electron chi connectivity index (χ3n) is 3.60. The summed E-state index contributed by atoms with van der Waals surface area (Å²) in [5.41, 5.74) is 1.47. The minimum atomic E-state index is -0.225. The van der Waals surface area contributed by atoms with Crippen molar-refractivity contribution in [1.29, 1.82) is 0 Å². The van der Waals surface area contributed by atoms with Gasteiger partial charge in [0.2, 0.25) is 11.2 Å². The molecular formula is C15H16N5O4S+. The summed E-state index contributed by atoms with van der Waals surface area (Å²) in [4.78, 5) is 17.9. The number of morpholine rings is 1. The average Bonchev–Trinajstić information content (AvgIpc) is 3.27. The summed E-state index contributed by atoms with van der Waals surface area (Å²) in [6.45, 7) is 2.72. The van der Waals surface area contributed by atoms with E-state index in [-0.39, 0.29) is 17.5 Å². The van der Waals surface area contributed by atoms with Crippen molar-refractivity contribution in [3.8, 4) is 0 Å². The lowest BCUT2D eigenvalue weighted by atomic mass is 10.3. The van der Waals surface area contributed by atoms with Crippen molar-refractivity contribution in [3.63, 3.8) is 0 Å². The summed E-state index contributed by atoms with van der Waals surface area (Å²) in [7, 11) is 0. The van der Waals surface area contributed by atoms with Crippen LogP contribution in [0, 0.1) is 0 Å². The number of oxazole rings is 1. The van der Waals surface area contributed by atoms with Crippen LogP contribution >= 0.6 is 11.8 Å². The fourth-order valence-corrected chi connectivity index (χ4v) is 3.04. The molecule has 0 saturated carbocycles. The maximum atomic E-state index is 12.1. The van der Waals surface area contributed by atoms with E-state index in [4.69, 9.17) is 13.7 Å². The van der Waals surface area contributed by atoms with Crippen molar-refractivity contribution in [2.75, 3.05) is 42.4 Å². The van der Waals surface area contributed by atoms with Crippen LogP contribution in [0.5, 0.6) is 0 Å². The minimum Gasteiger partial charge on any atom is -0.431 e. The van der Waals surface area contributed by atoms with E-state index in [0.29, 0.717) is 24.0 Å². The number of carbonyl (C=O) groups is 1. The fraction of sp³-hybridized carbons (Fsp3) is 0.333. The Morgan fingerprint density at radius 1 is 1.32 bits per heavy atom. The number of aromatic nitrogens is 3. The first-order valence-corrected chi connectivity index (χ1v) is 8.76. The minimum absolute atomic E-state index is 0.158. The third kappa shape index (κ3) is 3.74. The Morgan fingerprint density at radius 3 is 3.00 bits per heavy atom. The number of rotatable bonds is 5. The van der Waals surface area contributed by atoms with Crippen molar-refractivity contribution in [1.82, 2.24) is 10.3 Å². The van der Waals surface area contributed by atoms with Gasteiger partial charge in [0, 0.05) is 0 Å². The molecular weight excluding hydrogens is 346 g/mol. The van der Waals surface area contributed by atoms with Crippen LogP contribution < -0.4 is 15.1 Å². The van der Waals surface area contributed by atoms with Gasteiger partial charge in [-0.25, -0.2) is 4.98 Å². The first-order chi connectivity index (χ1) is 12.3. The molecule has 1 aliphatic rings. The van der Waals surface area contributed by atoms with Gasteiger partial charge >= 0.3 is 5.88 Å². The number of fused-ring (bicyclic) bond motifs is 1. The molecule has 0 aliphatic carbocycles. The van der Waals surface area contributed by atoms with Gasteiger partial charge in [-0.3, -0.25) is 14.6 Å². The van der Waals surface area contributed by atoms with Crippen molar-refractivity contribution >= 4 is 34.7 Å². The van der Waals surface area contributed by atoms with E-state index in [1.807, 2.05) is 29.3 Å². The predicted molar refractivity (Wildman–Crippen MR) is 88.8 cm³/mol. The SMILES string of the molecule is O=C(CSc1nc2ccccc2o1)Nc1c[n+](N2CCOCC2)no1. The molecule has 10 heteroatoms. The molecule has 0 spiro atoms. The molecule has 0 bridgehead atoms. The molecule has 25 heavy (non-hydrogen) atoms. The fourth-order valence-electron chi connectivity index (χ4n) is 2.40. The molecule has 1 N–H and O–H groups in total. The number of amides is 1. The quantitative estimate of drug-likeness (QED) is 0.526. The molecule has 1 aromatic carbocycles. The summed E-state index contributed by atoms with van der Waals surface area (Å²) in [6, 6.07) is 7.47. The van der Waals surface area contributed by atoms with E-state index >= 15 is 0 Å². The highest BCUT2D eigenvalue weighted by Gasteiger charge is 2.23. The van der Waals surface area contributed by atoms with Crippen molar-refractivity contribution in [2.45, 2.75) is 5.22 Å². The van der Waals surface area contributed by atoms with Crippen molar-refractivity contribution in [3.05, 3.63) is 30.5 Å². The average molecular weight is 362 g/mol. The molecule has 1 saturated heterocycles. The lowest BCUT2D eigenvalue weighted by Crippen LogP contribution is -2.62.